The number of benzene rings is 1. The molecule has 0 unspecified atom stereocenters. The van der Waals surface area contributed by atoms with Gasteiger partial charge < -0.3 is 15.6 Å². The number of hydrogen-bond donors (Lipinski definition) is 2. The van der Waals surface area contributed by atoms with Crippen LogP contribution >= 0.6 is 27.3 Å². The molecule has 0 fully saturated rings. The highest BCUT2D eigenvalue weighted by Gasteiger charge is 2.15. The summed E-state index contributed by atoms with van der Waals surface area (Å²) in [5.41, 5.74) is 7.11. The molecule has 1 aromatic heterocycles. The molecule has 0 aliphatic rings. The summed E-state index contributed by atoms with van der Waals surface area (Å²) in [6, 6.07) is 7.37. The van der Waals surface area contributed by atoms with Crippen LogP contribution in [-0.2, 0) is 0 Å². The summed E-state index contributed by atoms with van der Waals surface area (Å²) in [5.74, 6) is 0.563. The summed E-state index contributed by atoms with van der Waals surface area (Å²) in [7, 11) is 0. The maximum atomic E-state index is 9.86. The fraction of sp³-hybridized carbons (Fsp3) is 0.231. The molecule has 0 spiro atoms. The molecule has 3 nitrogen and oxygen atoms in total. The predicted molar refractivity (Wildman–Crippen MR) is 77.3 cm³/mol. The fourth-order valence-corrected chi connectivity index (χ4v) is 2.89. The molecule has 96 valence electrons. The molecule has 3 N–H and O–H groups in total. The first-order valence-electron chi connectivity index (χ1n) is 5.57. The van der Waals surface area contributed by atoms with Crippen LogP contribution in [0.4, 0.5) is 0 Å². The van der Waals surface area contributed by atoms with Gasteiger partial charge in [-0.3, -0.25) is 0 Å². The summed E-state index contributed by atoms with van der Waals surface area (Å²) in [5, 5.41) is 11.8. The van der Waals surface area contributed by atoms with E-state index in [1.165, 1.54) is 0 Å². The Bertz CT molecular complexity index is 528. The van der Waals surface area contributed by atoms with Crippen LogP contribution in [0.1, 0.15) is 23.4 Å². The van der Waals surface area contributed by atoms with Crippen molar-refractivity contribution in [3.63, 3.8) is 0 Å². The topological polar surface area (TPSA) is 55.5 Å². The number of nitrogens with two attached hydrogens (primary N) is 1. The minimum Gasteiger partial charge on any atom is -0.503 e. The van der Waals surface area contributed by atoms with E-state index in [2.05, 4.69) is 15.9 Å². The normalized spacial score (nSPS) is 12.4. The molecule has 18 heavy (non-hydrogen) atoms. The highest BCUT2D eigenvalue weighted by Crippen LogP contribution is 2.38. The Labute approximate surface area is 118 Å². The van der Waals surface area contributed by atoms with Gasteiger partial charge in [-0.05, 0) is 52.0 Å². The zero-order chi connectivity index (χ0) is 13.1. The number of phenols is 1. The molecule has 2 rings (SSSR count). The van der Waals surface area contributed by atoms with Crippen molar-refractivity contribution in [2.24, 2.45) is 5.73 Å². The minimum absolute atomic E-state index is 0.110. The van der Waals surface area contributed by atoms with Gasteiger partial charge in [0.25, 0.3) is 0 Å². The monoisotopic (exact) mass is 327 g/mol. The highest BCUT2D eigenvalue weighted by molar-refractivity contribution is 9.10. The number of hydrogen-bond acceptors (Lipinski definition) is 4. The van der Waals surface area contributed by atoms with E-state index in [0.29, 0.717) is 16.8 Å². The number of halogens is 1. The summed E-state index contributed by atoms with van der Waals surface area (Å²) >= 11 is 4.93. The van der Waals surface area contributed by atoms with Crippen molar-refractivity contribution in [2.45, 2.75) is 13.0 Å². The molecule has 0 bridgehead atoms. The van der Waals surface area contributed by atoms with Crippen LogP contribution < -0.4 is 10.5 Å². The molecule has 0 saturated heterocycles. The van der Waals surface area contributed by atoms with E-state index < -0.39 is 0 Å². The molecular weight excluding hydrogens is 314 g/mol. The molecule has 0 saturated carbocycles. The van der Waals surface area contributed by atoms with Gasteiger partial charge in [0, 0.05) is 4.88 Å². The summed E-state index contributed by atoms with van der Waals surface area (Å²) in [4.78, 5) is 1.08. The molecule has 0 radical (unpaired) electrons. The van der Waals surface area contributed by atoms with Crippen molar-refractivity contribution in [3.05, 3.63) is 44.6 Å². The van der Waals surface area contributed by atoms with Crippen LogP contribution in [0.2, 0.25) is 0 Å². The first-order valence-corrected chi connectivity index (χ1v) is 7.25. The van der Waals surface area contributed by atoms with Crippen molar-refractivity contribution in [2.75, 3.05) is 6.61 Å². The van der Waals surface area contributed by atoms with Crippen molar-refractivity contribution in [1.82, 2.24) is 0 Å². The van der Waals surface area contributed by atoms with Crippen LogP contribution in [0, 0.1) is 0 Å². The summed E-state index contributed by atoms with van der Waals surface area (Å²) in [6.07, 6.45) is 0. The van der Waals surface area contributed by atoms with E-state index in [-0.39, 0.29) is 11.8 Å². The van der Waals surface area contributed by atoms with Crippen LogP contribution in [0.5, 0.6) is 11.5 Å². The van der Waals surface area contributed by atoms with E-state index >= 15 is 0 Å². The standard InChI is InChI=1S/C13H14BrNO2S/c1-2-17-10-7-8(6-9(14)13(10)16)12(15)11-4-3-5-18-11/h3-7,12,16H,2,15H2,1H3/t12-/m0/s1. The van der Waals surface area contributed by atoms with Gasteiger partial charge in [0.1, 0.15) is 0 Å². The molecule has 2 aromatic rings. The zero-order valence-electron chi connectivity index (χ0n) is 9.89. The van der Waals surface area contributed by atoms with Crippen molar-refractivity contribution in [1.29, 1.82) is 0 Å². The Morgan fingerprint density at radius 2 is 2.28 bits per heavy atom. The Kier molecular flexibility index (Phi) is 4.27. The molecule has 1 heterocycles. The van der Waals surface area contributed by atoms with Crippen molar-refractivity contribution in [3.8, 4) is 11.5 Å². The van der Waals surface area contributed by atoms with Crippen molar-refractivity contribution >= 4 is 27.3 Å². The second-order valence-electron chi connectivity index (χ2n) is 3.78. The Hall–Kier alpha value is -1.04. The third kappa shape index (κ3) is 2.68. The lowest BCUT2D eigenvalue weighted by Gasteiger charge is -2.14. The highest BCUT2D eigenvalue weighted by atomic mass is 79.9. The smallest absolute Gasteiger partial charge is 0.172 e. The van der Waals surface area contributed by atoms with Gasteiger partial charge >= 0.3 is 0 Å². The average molecular weight is 328 g/mol. The van der Waals surface area contributed by atoms with E-state index in [9.17, 15) is 5.11 Å². The van der Waals surface area contributed by atoms with Gasteiger partial charge in [0.05, 0.1) is 17.1 Å². The quantitative estimate of drug-likeness (QED) is 0.900. The van der Waals surface area contributed by atoms with E-state index in [1.807, 2.05) is 30.5 Å². The number of rotatable bonds is 4. The third-order valence-electron chi connectivity index (χ3n) is 2.56. The number of phenolic OH excluding ortho intramolecular Hbond substituents is 1. The molecule has 1 atom stereocenters. The molecule has 1 aromatic carbocycles. The lowest BCUT2D eigenvalue weighted by Crippen LogP contribution is -2.10. The Morgan fingerprint density at radius 3 is 2.89 bits per heavy atom. The number of ether oxygens (including phenoxy) is 1. The first kappa shape index (κ1) is 13.4. The summed E-state index contributed by atoms with van der Waals surface area (Å²) in [6.45, 7) is 2.37. The SMILES string of the molecule is CCOc1cc([C@H](N)c2cccs2)cc(Br)c1O. The van der Waals surface area contributed by atoms with Crippen LogP contribution in [0.25, 0.3) is 0 Å². The van der Waals surface area contributed by atoms with E-state index in [0.717, 1.165) is 10.4 Å². The van der Waals surface area contributed by atoms with Gasteiger partial charge in [0.15, 0.2) is 11.5 Å². The number of thiophene rings is 1. The number of aromatic hydroxyl groups is 1. The minimum atomic E-state index is -0.207. The van der Waals surface area contributed by atoms with E-state index in [4.69, 9.17) is 10.5 Å². The van der Waals surface area contributed by atoms with Gasteiger partial charge in [-0.15, -0.1) is 11.3 Å². The van der Waals surface area contributed by atoms with Crippen LogP contribution in [0.3, 0.4) is 0 Å². The molecule has 0 aliphatic carbocycles. The molecular formula is C13H14BrNO2S. The average Bonchev–Trinajstić information content (AvgIpc) is 2.87. The lowest BCUT2D eigenvalue weighted by atomic mass is 10.1. The maximum absolute atomic E-state index is 9.86. The molecule has 0 amide bonds. The first-order chi connectivity index (χ1) is 8.63. The van der Waals surface area contributed by atoms with Gasteiger partial charge in [-0.25, -0.2) is 0 Å². The largest absolute Gasteiger partial charge is 0.503 e. The van der Waals surface area contributed by atoms with E-state index in [1.54, 1.807) is 17.4 Å². The summed E-state index contributed by atoms with van der Waals surface area (Å²) < 4.78 is 5.99. The lowest BCUT2D eigenvalue weighted by molar-refractivity contribution is 0.316. The van der Waals surface area contributed by atoms with Crippen molar-refractivity contribution < 1.29 is 9.84 Å². The Morgan fingerprint density at radius 1 is 1.50 bits per heavy atom. The van der Waals surface area contributed by atoms with Gasteiger partial charge in [-0.1, -0.05) is 6.07 Å². The molecule has 5 heteroatoms. The zero-order valence-corrected chi connectivity index (χ0v) is 12.3. The fourth-order valence-electron chi connectivity index (χ4n) is 1.67. The second-order valence-corrected chi connectivity index (χ2v) is 5.61. The van der Waals surface area contributed by atoms with Crippen LogP contribution in [0.15, 0.2) is 34.1 Å². The maximum Gasteiger partial charge on any atom is 0.172 e. The third-order valence-corrected chi connectivity index (χ3v) is 4.12. The van der Waals surface area contributed by atoms with Gasteiger partial charge in [0.2, 0.25) is 0 Å². The van der Waals surface area contributed by atoms with Crippen LogP contribution in [-0.4, -0.2) is 11.7 Å². The predicted octanol–water partition coefficient (Wildman–Crippen LogP) is 3.66. The molecule has 0 aliphatic heterocycles. The second kappa shape index (κ2) is 5.73. The van der Waals surface area contributed by atoms with Gasteiger partial charge in [-0.2, -0.15) is 0 Å². The Balaban J connectivity index is 2.39.